The lowest BCUT2D eigenvalue weighted by molar-refractivity contribution is -0.126. The fourth-order valence-electron chi connectivity index (χ4n) is 8.57. The number of urea groups is 1. The van der Waals surface area contributed by atoms with Crippen molar-refractivity contribution in [1.82, 2.24) is 10.3 Å². The number of aromatic nitrogens is 1. The fraction of sp³-hybridized carbons (Fsp3) is 0.500. The molecule has 1 aromatic carbocycles. The molecule has 0 spiro atoms. The van der Waals surface area contributed by atoms with Crippen molar-refractivity contribution in [3.8, 4) is 11.6 Å². The number of carbonyl (C=O) groups is 1. The summed E-state index contributed by atoms with van der Waals surface area (Å²) in [5.74, 6) is 3.34. The third kappa shape index (κ3) is 2.31. The highest BCUT2D eigenvalue weighted by molar-refractivity contribution is 5.89. The molecule has 0 radical (unpaired) electrons. The number of aliphatic hydroxyl groups is 1. The number of benzene rings is 1. The molecule has 166 valence electrons. The summed E-state index contributed by atoms with van der Waals surface area (Å²) in [6.07, 6.45) is 3.98. The van der Waals surface area contributed by atoms with Gasteiger partial charge in [-0.05, 0) is 78.4 Å². The Morgan fingerprint density at radius 2 is 1.91 bits per heavy atom. The van der Waals surface area contributed by atoms with Gasteiger partial charge >= 0.3 is 6.03 Å². The van der Waals surface area contributed by atoms with E-state index in [0.29, 0.717) is 41.2 Å². The summed E-state index contributed by atoms with van der Waals surface area (Å²) < 4.78 is 32.3. The van der Waals surface area contributed by atoms with E-state index >= 15 is 0 Å². The molecule has 2 bridgehead atoms. The van der Waals surface area contributed by atoms with E-state index in [1.54, 1.807) is 6.07 Å². The van der Waals surface area contributed by atoms with Gasteiger partial charge in [0.25, 0.3) is 0 Å². The van der Waals surface area contributed by atoms with E-state index in [4.69, 9.17) is 4.74 Å². The highest BCUT2D eigenvalue weighted by Crippen LogP contribution is 2.85. The maximum Gasteiger partial charge on any atom is 0.319 e. The Hall–Kier alpha value is -2.74. The van der Waals surface area contributed by atoms with Crippen LogP contribution >= 0.6 is 0 Å². The first-order chi connectivity index (χ1) is 15.4. The maximum atomic E-state index is 13.8. The van der Waals surface area contributed by atoms with Crippen LogP contribution < -0.4 is 15.4 Å². The van der Waals surface area contributed by atoms with Crippen molar-refractivity contribution in [2.24, 2.45) is 47.3 Å². The molecule has 0 aliphatic heterocycles. The Morgan fingerprint density at radius 1 is 1.09 bits per heavy atom. The largest absolute Gasteiger partial charge is 0.436 e. The van der Waals surface area contributed by atoms with Gasteiger partial charge in [0, 0.05) is 30.6 Å². The normalized spacial score (nSPS) is 41.1. The molecule has 9 atom stereocenters. The summed E-state index contributed by atoms with van der Waals surface area (Å²) in [5, 5.41) is 17.2. The van der Waals surface area contributed by atoms with E-state index < -0.39 is 23.3 Å². The minimum Gasteiger partial charge on any atom is -0.436 e. The third-order valence-corrected chi connectivity index (χ3v) is 9.15. The maximum absolute atomic E-state index is 13.8. The number of fused-ring (bicyclic) bond motifs is 2. The van der Waals surface area contributed by atoms with Crippen molar-refractivity contribution in [3.63, 3.8) is 0 Å². The van der Waals surface area contributed by atoms with Crippen LogP contribution in [0.15, 0.2) is 36.5 Å². The van der Waals surface area contributed by atoms with Crippen molar-refractivity contribution in [2.45, 2.75) is 18.4 Å². The second-order valence-corrected chi connectivity index (χ2v) is 10.2. The molecule has 5 aliphatic rings. The lowest BCUT2D eigenvalue weighted by Gasteiger charge is -2.51. The highest BCUT2D eigenvalue weighted by Gasteiger charge is 2.84. The molecule has 2 amide bonds. The van der Waals surface area contributed by atoms with Crippen LogP contribution in [0, 0.1) is 59.0 Å². The molecule has 32 heavy (non-hydrogen) atoms. The van der Waals surface area contributed by atoms with Crippen LogP contribution in [0.5, 0.6) is 11.6 Å². The van der Waals surface area contributed by atoms with Gasteiger partial charge in [-0.25, -0.2) is 18.6 Å². The quantitative estimate of drug-likeness (QED) is 0.662. The zero-order valence-electron chi connectivity index (χ0n) is 17.2. The number of nitrogens with zero attached hydrogens (tertiary/aromatic N) is 1. The smallest absolute Gasteiger partial charge is 0.319 e. The van der Waals surface area contributed by atoms with Crippen LogP contribution in [-0.4, -0.2) is 28.3 Å². The van der Waals surface area contributed by atoms with Crippen LogP contribution in [0.1, 0.15) is 12.8 Å². The molecule has 1 aromatic heterocycles. The number of hydrogen-bond donors (Lipinski definition) is 3. The van der Waals surface area contributed by atoms with Crippen LogP contribution in [0.2, 0.25) is 0 Å². The number of anilines is 1. The van der Waals surface area contributed by atoms with Gasteiger partial charge in [-0.3, -0.25) is 0 Å². The molecule has 6 nitrogen and oxygen atoms in total. The van der Waals surface area contributed by atoms with Crippen LogP contribution in [0.3, 0.4) is 0 Å². The minimum atomic E-state index is -0.841. The second kappa shape index (κ2) is 6.19. The van der Waals surface area contributed by atoms with Gasteiger partial charge in [0.2, 0.25) is 5.88 Å². The number of halogens is 2. The Balaban J connectivity index is 1.01. The number of nitrogens with one attached hydrogen (secondary N) is 2. The van der Waals surface area contributed by atoms with Gasteiger partial charge in [-0.1, -0.05) is 0 Å². The molecule has 3 N–H and O–H groups in total. The number of hydrogen-bond acceptors (Lipinski definition) is 4. The van der Waals surface area contributed by atoms with E-state index in [1.807, 2.05) is 0 Å². The van der Waals surface area contributed by atoms with Crippen LogP contribution in [-0.2, 0) is 0 Å². The zero-order valence-corrected chi connectivity index (χ0v) is 17.2. The van der Waals surface area contributed by atoms with E-state index in [9.17, 15) is 18.7 Å². The fourth-order valence-corrected chi connectivity index (χ4v) is 8.57. The van der Waals surface area contributed by atoms with Gasteiger partial charge in [0.15, 0.2) is 11.6 Å². The van der Waals surface area contributed by atoms with Gasteiger partial charge in [-0.15, -0.1) is 0 Å². The predicted molar refractivity (Wildman–Crippen MR) is 110 cm³/mol. The zero-order chi connectivity index (χ0) is 21.8. The Morgan fingerprint density at radius 3 is 2.75 bits per heavy atom. The molecule has 1 heterocycles. The SMILES string of the molecule is O=C(NCC1(O)C2C3CC4C5C3CC2C5C41)Nc1ccnc(Oc2ccc(F)cc2F)c1. The van der Waals surface area contributed by atoms with E-state index in [-0.39, 0.29) is 18.2 Å². The summed E-state index contributed by atoms with van der Waals surface area (Å²) in [5.41, 5.74) is -0.366. The Bertz CT molecular complexity index is 1140. The number of rotatable bonds is 5. The van der Waals surface area contributed by atoms with E-state index in [0.717, 1.165) is 24.0 Å². The van der Waals surface area contributed by atoms with Gasteiger partial charge in [0.1, 0.15) is 5.82 Å². The average Bonchev–Trinajstić information content (AvgIpc) is 3.28. The monoisotopic (exact) mass is 439 g/mol. The van der Waals surface area contributed by atoms with Crippen molar-refractivity contribution < 1.29 is 23.4 Å². The lowest BCUT2D eigenvalue weighted by atomic mass is 9.56. The molecular formula is C24H23F2N3O3. The summed E-state index contributed by atoms with van der Waals surface area (Å²) >= 11 is 0. The number of carbonyl (C=O) groups excluding carboxylic acids is 1. The van der Waals surface area contributed by atoms with Crippen LogP contribution in [0.25, 0.3) is 0 Å². The molecule has 5 aliphatic carbocycles. The summed E-state index contributed by atoms with van der Waals surface area (Å²) in [7, 11) is 0. The molecule has 7 rings (SSSR count). The molecule has 8 heteroatoms. The Kier molecular flexibility index (Phi) is 3.63. The summed E-state index contributed by atoms with van der Waals surface area (Å²) in [6.45, 7) is 0.267. The summed E-state index contributed by atoms with van der Waals surface area (Å²) in [4.78, 5) is 16.6. The topological polar surface area (TPSA) is 83.5 Å². The molecule has 5 saturated carbocycles. The van der Waals surface area contributed by atoms with Crippen molar-refractivity contribution in [3.05, 3.63) is 48.2 Å². The molecular weight excluding hydrogens is 416 g/mol. The first kappa shape index (κ1) is 18.8. The molecule has 5 fully saturated rings. The molecule has 0 saturated heterocycles. The van der Waals surface area contributed by atoms with Crippen molar-refractivity contribution >= 4 is 11.7 Å². The van der Waals surface area contributed by atoms with Gasteiger partial charge in [0.05, 0.1) is 5.60 Å². The highest BCUT2D eigenvalue weighted by atomic mass is 19.1. The third-order valence-electron chi connectivity index (χ3n) is 9.15. The summed E-state index contributed by atoms with van der Waals surface area (Å²) in [6, 6.07) is 5.63. The minimum absolute atomic E-state index is 0.0666. The standard InChI is InChI=1S/C24H23F2N3O3/c25-10-1-2-17(16(26)5-10)32-18-6-11(3-4-27-18)29-23(30)28-9-24(31)21-13-8-14-19-12(13)7-15(21)20(19)22(14)24/h1-6,12-15,19-22,31H,7-9H2,(H2,27,28,29,30). The molecule has 2 aromatic rings. The first-order valence-electron chi connectivity index (χ1n) is 11.3. The number of pyridine rings is 1. The number of ether oxygens (including phenoxy) is 1. The van der Waals surface area contributed by atoms with E-state index in [1.165, 1.54) is 31.2 Å². The van der Waals surface area contributed by atoms with E-state index in [2.05, 4.69) is 15.6 Å². The Labute approximate surface area is 183 Å². The van der Waals surface area contributed by atoms with Crippen molar-refractivity contribution in [2.75, 3.05) is 11.9 Å². The first-order valence-corrected chi connectivity index (χ1v) is 11.3. The predicted octanol–water partition coefficient (Wildman–Crippen LogP) is 3.78. The van der Waals surface area contributed by atoms with Gasteiger partial charge < -0.3 is 20.5 Å². The van der Waals surface area contributed by atoms with Crippen molar-refractivity contribution in [1.29, 1.82) is 0 Å². The lowest BCUT2D eigenvalue weighted by Crippen LogP contribution is -2.59. The number of amides is 2. The average molecular weight is 439 g/mol. The van der Waals surface area contributed by atoms with Crippen LogP contribution in [0.4, 0.5) is 19.3 Å². The second-order valence-electron chi connectivity index (χ2n) is 10.2. The molecule has 9 unspecified atom stereocenters. The van der Waals surface area contributed by atoms with Gasteiger partial charge in [-0.2, -0.15) is 0 Å².